The van der Waals surface area contributed by atoms with Crippen molar-refractivity contribution < 1.29 is 0 Å². The minimum Gasteiger partial charge on any atom is -0.330 e. The number of nitrogens with one attached hydrogen (secondary N) is 1. The van der Waals surface area contributed by atoms with Crippen molar-refractivity contribution in [3.05, 3.63) is 17.0 Å². The molecule has 0 saturated carbocycles. The van der Waals surface area contributed by atoms with Gasteiger partial charge in [0.2, 0.25) is 0 Å². The van der Waals surface area contributed by atoms with Gasteiger partial charge in [-0.2, -0.15) is 5.10 Å². The molecule has 0 saturated heterocycles. The quantitative estimate of drug-likeness (QED) is 0.670. The zero-order valence-corrected chi connectivity index (χ0v) is 7.97. The predicted octanol–water partition coefficient (Wildman–Crippen LogP) is 1.18. The van der Waals surface area contributed by atoms with E-state index in [1.165, 1.54) is 49.1 Å². The largest absolute Gasteiger partial charge is 0.330 e. The van der Waals surface area contributed by atoms with Crippen LogP contribution < -0.4 is 5.73 Å². The Balaban J connectivity index is 2.23. The number of rotatable bonds is 2. The number of fused-ring (bicyclic) bond motifs is 1. The molecule has 0 fully saturated rings. The zero-order valence-electron chi connectivity index (χ0n) is 7.97. The Morgan fingerprint density at radius 1 is 1.23 bits per heavy atom. The van der Waals surface area contributed by atoms with E-state index >= 15 is 0 Å². The Labute approximate surface area is 78.7 Å². The SMILES string of the molecule is NCCc1n[nH]c2c1CCCCC2. The topological polar surface area (TPSA) is 54.7 Å². The van der Waals surface area contributed by atoms with Crippen LogP contribution in [-0.4, -0.2) is 16.7 Å². The van der Waals surface area contributed by atoms with E-state index in [-0.39, 0.29) is 0 Å². The molecule has 0 radical (unpaired) electrons. The maximum Gasteiger partial charge on any atom is 0.0669 e. The molecule has 1 aromatic rings. The van der Waals surface area contributed by atoms with E-state index in [1.807, 2.05) is 0 Å². The maximum atomic E-state index is 5.54. The summed E-state index contributed by atoms with van der Waals surface area (Å²) in [5.74, 6) is 0. The van der Waals surface area contributed by atoms with E-state index in [0.29, 0.717) is 6.54 Å². The minimum absolute atomic E-state index is 0.706. The van der Waals surface area contributed by atoms with Gasteiger partial charge in [0, 0.05) is 12.1 Å². The summed E-state index contributed by atoms with van der Waals surface area (Å²) in [5, 5.41) is 7.47. The molecule has 1 aromatic heterocycles. The van der Waals surface area contributed by atoms with Gasteiger partial charge in [-0.15, -0.1) is 0 Å². The molecule has 0 amide bonds. The van der Waals surface area contributed by atoms with Gasteiger partial charge in [0.25, 0.3) is 0 Å². The number of hydrogen-bond donors (Lipinski definition) is 2. The van der Waals surface area contributed by atoms with Crippen molar-refractivity contribution in [1.82, 2.24) is 10.2 Å². The molecule has 0 aliphatic heterocycles. The highest BCUT2D eigenvalue weighted by molar-refractivity contribution is 5.26. The third-order valence-corrected chi connectivity index (χ3v) is 2.77. The van der Waals surface area contributed by atoms with Crippen LogP contribution in [0.5, 0.6) is 0 Å². The van der Waals surface area contributed by atoms with Crippen molar-refractivity contribution in [3.8, 4) is 0 Å². The van der Waals surface area contributed by atoms with E-state index in [1.54, 1.807) is 0 Å². The van der Waals surface area contributed by atoms with Crippen molar-refractivity contribution >= 4 is 0 Å². The molecule has 0 atom stereocenters. The molecule has 3 heteroatoms. The number of hydrogen-bond acceptors (Lipinski definition) is 2. The van der Waals surface area contributed by atoms with Crippen LogP contribution in [-0.2, 0) is 19.3 Å². The fraction of sp³-hybridized carbons (Fsp3) is 0.700. The lowest BCUT2D eigenvalue weighted by Crippen LogP contribution is -2.05. The molecule has 0 unspecified atom stereocenters. The molecular formula is C10H17N3. The van der Waals surface area contributed by atoms with Gasteiger partial charge in [-0.1, -0.05) is 6.42 Å². The van der Waals surface area contributed by atoms with Crippen LogP contribution in [0.3, 0.4) is 0 Å². The van der Waals surface area contributed by atoms with Gasteiger partial charge in [0.15, 0.2) is 0 Å². The van der Waals surface area contributed by atoms with E-state index in [9.17, 15) is 0 Å². The third-order valence-electron chi connectivity index (χ3n) is 2.77. The highest BCUT2D eigenvalue weighted by Crippen LogP contribution is 2.21. The predicted molar refractivity (Wildman–Crippen MR) is 52.6 cm³/mol. The van der Waals surface area contributed by atoms with E-state index < -0.39 is 0 Å². The minimum atomic E-state index is 0.706. The summed E-state index contributed by atoms with van der Waals surface area (Å²) in [7, 11) is 0. The van der Waals surface area contributed by atoms with Gasteiger partial charge >= 0.3 is 0 Å². The lowest BCUT2D eigenvalue weighted by Gasteiger charge is -1.99. The van der Waals surface area contributed by atoms with Crippen LogP contribution in [0.2, 0.25) is 0 Å². The Bertz CT molecular complexity index is 278. The van der Waals surface area contributed by atoms with E-state index in [4.69, 9.17) is 5.73 Å². The Hall–Kier alpha value is -0.830. The number of aromatic nitrogens is 2. The molecule has 3 N–H and O–H groups in total. The second-order valence-corrected chi connectivity index (χ2v) is 3.73. The van der Waals surface area contributed by atoms with E-state index in [2.05, 4.69) is 10.2 Å². The fourth-order valence-corrected chi connectivity index (χ4v) is 2.07. The monoisotopic (exact) mass is 179 g/mol. The van der Waals surface area contributed by atoms with Gasteiger partial charge in [-0.05, 0) is 37.8 Å². The summed E-state index contributed by atoms with van der Waals surface area (Å²) in [6, 6.07) is 0. The first-order valence-corrected chi connectivity index (χ1v) is 5.17. The molecule has 1 aliphatic carbocycles. The number of nitrogens with zero attached hydrogens (tertiary/aromatic N) is 1. The van der Waals surface area contributed by atoms with Gasteiger partial charge < -0.3 is 5.73 Å². The fourth-order valence-electron chi connectivity index (χ4n) is 2.07. The Morgan fingerprint density at radius 3 is 2.92 bits per heavy atom. The molecule has 0 spiro atoms. The van der Waals surface area contributed by atoms with Crippen molar-refractivity contribution in [1.29, 1.82) is 0 Å². The third kappa shape index (κ3) is 1.75. The molecule has 0 aromatic carbocycles. The average molecular weight is 179 g/mol. The normalized spacial score (nSPS) is 16.7. The number of aromatic amines is 1. The van der Waals surface area contributed by atoms with Crippen molar-refractivity contribution in [2.24, 2.45) is 5.73 Å². The van der Waals surface area contributed by atoms with Crippen LogP contribution >= 0.6 is 0 Å². The number of nitrogens with two attached hydrogens (primary N) is 1. The summed E-state index contributed by atoms with van der Waals surface area (Å²) in [5.41, 5.74) is 9.57. The molecule has 2 rings (SSSR count). The summed E-state index contributed by atoms with van der Waals surface area (Å²) in [4.78, 5) is 0. The van der Waals surface area contributed by atoms with Crippen LogP contribution in [0.25, 0.3) is 0 Å². The van der Waals surface area contributed by atoms with Crippen LogP contribution in [0.15, 0.2) is 0 Å². The average Bonchev–Trinajstić information content (AvgIpc) is 2.38. The van der Waals surface area contributed by atoms with Crippen LogP contribution in [0.4, 0.5) is 0 Å². The first kappa shape index (κ1) is 8.75. The first-order valence-electron chi connectivity index (χ1n) is 5.17. The van der Waals surface area contributed by atoms with Crippen LogP contribution in [0.1, 0.15) is 36.2 Å². The molecular weight excluding hydrogens is 162 g/mol. The first-order chi connectivity index (χ1) is 6.42. The Kier molecular flexibility index (Phi) is 2.64. The molecule has 1 heterocycles. The zero-order chi connectivity index (χ0) is 9.10. The lowest BCUT2D eigenvalue weighted by atomic mass is 10.1. The van der Waals surface area contributed by atoms with Gasteiger partial charge in [0.05, 0.1) is 5.69 Å². The van der Waals surface area contributed by atoms with Crippen LogP contribution in [0, 0.1) is 0 Å². The standard InChI is InChI=1S/C10H17N3/c11-7-6-10-8-4-2-1-3-5-9(8)12-13-10/h1-7,11H2,(H,12,13). The van der Waals surface area contributed by atoms with Gasteiger partial charge in [0.1, 0.15) is 0 Å². The highest BCUT2D eigenvalue weighted by atomic mass is 15.1. The summed E-state index contributed by atoms with van der Waals surface area (Å²) >= 11 is 0. The smallest absolute Gasteiger partial charge is 0.0669 e. The second-order valence-electron chi connectivity index (χ2n) is 3.73. The molecule has 0 bridgehead atoms. The maximum absolute atomic E-state index is 5.54. The second kappa shape index (κ2) is 3.92. The summed E-state index contributed by atoms with van der Waals surface area (Å²) < 4.78 is 0. The van der Waals surface area contributed by atoms with Crippen molar-refractivity contribution in [3.63, 3.8) is 0 Å². The van der Waals surface area contributed by atoms with Crippen molar-refractivity contribution in [2.45, 2.75) is 38.5 Å². The molecule has 3 nitrogen and oxygen atoms in total. The lowest BCUT2D eigenvalue weighted by molar-refractivity contribution is 0.698. The molecule has 1 aliphatic rings. The van der Waals surface area contributed by atoms with Gasteiger partial charge in [-0.3, -0.25) is 5.10 Å². The molecule has 72 valence electrons. The summed E-state index contributed by atoms with van der Waals surface area (Å²) in [6.07, 6.45) is 7.26. The number of H-pyrrole nitrogens is 1. The summed E-state index contributed by atoms with van der Waals surface area (Å²) in [6.45, 7) is 0.706. The van der Waals surface area contributed by atoms with Crippen molar-refractivity contribution in [2.75, 3.05) is 6.54 Å². The highest BCUT2D eigenvalue weighted by Gasteiger charge is 2.14. The van der Waals surface area contributed by atoms with Gasteiger partial charge in [-0.25, -0.2) is 0 Å². The number of aryl methyl sites for hydroxylation is 1. The Morgan fingerprint density at radius 2 is 2.08 bits per heavy atom. The molecule has 13 heavy (non-hydrogen) atoms. The van der Waals surface area contributed by atoms with E-state index in [0.717, 1.165) is 6.42 Å².